The molecule has 0 radical (unpaired) electrons. The van der Waals surface area contributed by atoms with Gasteiger partial charge in [0, 0.05) is 13.0 Å². The highest BCUT2D eigenvalue weighted by Crippen LogP contribution is 2.21. The van der Waals surface area contributed by atoms with Crippen LogP contribution in [0.15, 0.2) is 24.3 Å². The minimum Gasteiger partial charge on any atom is -0.337 e. The number of anilines is 1. The molecule has 0 saturated carbocycles. The quantitative estimate of drug-likeness (QED) is 0.875. The lowest BCUT2D eigenvalue weighted by Gasteiger charge is -2.18. The van der Waals surface area contributed by atoms with Crippen molar-refractivity contribution in [2.75, 3.05) is 11.4 Å². The zero-order valence-electron chi connectivity index (χ0n) is 10.1. The molecule has 1 unspecified atom stereocenters. The number of nitrogens with zero attached hydrogens (tertiary/aromatic N) is 1. The first-order chi connectivity index (χ1) is 8.61. The van der Waals surface area contributed by atoms with Gasteiger partial charge in [0.25, 0.3) is 0 Å². The van der Waals surface area contributed by atoms with Crippen LogP contribution in [0.2, 0.25) is 0 Å². The van der Waals surface area contributed by atoms with E-state index in [1.54, 1.807) is 6.07 Å². The number of amides is 3. The first kappa shape index (κ1) is 12.5. The van der Waals surface area contributed by atoms with Crippen molar-refractivity contribution in [3.05, 3.63) is 30.1 Å². The van der Waals surface area contributed by atoms with Crippen LogP contribution in [0, 0.1) is 11.7 Å². The SMILES string of the molecule is CCC1CNC(=O)N(c2cccc(F)c2)C(=O)C1. The van der Waals surface area contributed by atoms with Gasteiger partial charge in [0.2, 0.25) is 5.91 Å². The lowest BCUT2D eigenvalue weighted by Crippen LogP contribution is -2.41. The Kier molecular flexibility index (Phi) is 3.60. The molecule has 1 aliphatic rings. The molecule has 1 saturated heterocycles. The van der Waals surface area contributed by atoms with Crippen LogP contribution in [-0.4, -0.2) is 18.5 Å². The molecular weight excluding hydrogens is 235 g/mol. The molecule has 1 aliphatic heterocycles. The van der Waals surface area contributed by atoms with Gasteiger partial charge in [-0.25, -0.2) is 14.1 Å². The number of rotatable bonds is 2. The summed E-state index contributed by atoms with van der Waals surface area (Å²) in [6.07, 6.45) is 1.12. The fraction of sp³-hybridized carbons (Fsp3) is 0.385. The Labute approximate surface area is 105 Å². The third-order valence-corrected chi connectivity index (χ3v) is 3.10. The summed E-state index contributed by atoms with van der Waals surface area (Å²) in [5.74, 6) is -0.619. The van der Waals surface area contributed by atoms with E-state index in [-0.39, 0.29) is 17.5 Å². The van der Waals surface area contributed by atoms with E-state index in [1.165, 1.54) is 18.2 Å². The smallest absolute Gasteiger partial charge is 0.328 e. The number of benzene rings is 1. The molecule has 0 aliphatic carbocycles. The van der Waals surface area contributed by atoms with Crippen molar-refractivity contribution in [1.29, 1.82) is 0 Å². The Hall–Kier alpha value is -1.91. The second kappa shape index (κ2) is 5.16. The molecule has 1 N–H and O–H groups in total. The van der Waals surface area contributed by atoms with Crippen molar-refractivity contribution in [3.8, 4) is 0 Å². The molecule has 0 spiro atoms. The molecule has 4 nitrogen and oxygen atoms in total. The third-order valence-electron chi connectivity index (χ3n) is 3.10. The summed E-state index contributed by atoms with van der Waals surface area (Å²) in [6, 6.07) is 5.00. The van der Waals surface area contributed by atoms with Gasteiger partial charge in [-0.3, -0.25) is 4.79 Å². The molecule has 2 rings (SSSR count). The number of carbonyl (C=O) groups excluding carboxylic acids is 2. The lowest BCUT2D eigenvalue weighted by molar-refractivity contribution is -0.118. The lowest BCUT2D eigenvalue weighted by atomic mass is 10.0. The van der Waals surface area contributed by atoms with Crippen LogP contribution in [0.1, 0.15) is 19.8 Å². The van der Waals surface area contributed by atoms with Crippen LogP contribution < -0.4 is 10.2 Å². The average molecular weight is 250 g/mol. The summed E-state index contributed by atoms with van der Waals surface area (Å²) in [4.78, 5) is 24.9. The topological polar surface area (TPSA) is 49.4 Å². The van der Waals surface area contributed by atoms with E-state index in [4.69, 9.17) is 0 Å². The van der Waals surface area contributed by atoms with Gasteiger partial charge in [-0.15, -0.1) is 0 Å². The van der Waals surface area contributed by atoms with Crippen molar-refractivity contribution in [3.63, 3.8) is 0 Å². The largest absolute Gasteiger partial charge is 0.337 e. The normalized spacial score (nSPS) is 20.6. The zero-order valence-corrected chi connectivity index (χ0v) is 10.1. The van der Waals surface area contributed by atoms with Crippen LogP contribution in [0.4, 0.5) is 14.9 Å². The number of urea groups is 1. The van der Waals surface area contributed by atoms with Crippen LogP contribution in [-0.2, 0) is 4.79 Å². The summed E-state index contributed by atoms with van der Waals surface area (Å²) < 4.78 is 13.2. The van der Waals surface area contributed by atoms with Crippen LogP contribution in [0.5, 0.6) is 0 Å². The fourth-order valence-electron chi connectivity index (χ4n) is 2.00. The van der Waals surface area contributed by atoms with Crippen molar-refractivity contribution in [2.45, 2.75) is 19.8 Å². The third kappa shape index (κ3) is 2.50. The highest BCUT2D eigenvalue weighted by atomic mass is 19.1. The first-order valence-electron chi connectivity index (χ1n) is 5.98. The van der Waals surface area contributed by atoms with Gasteiger partial charge in [-0.2, -0.15) is 0 Å². The van der Waals surface area contributed by atoms with E-state index in [0.29, 0.717) is 13.0 Å². The maximum Gasteiger partial charge on any atom is 0.328 e. The summed E-state index contributed by atoms with van der Waals surface area (Å²) in [7, 11) is 0. The highest BCUT2D eigenvalue weighted by molar-refractivity contribution is 6.14. The molecule has 18 heavy (non-hydrogen) atoms. The van der Waals surface area contributed by atoms with Crippen molar-refractivity contribution >= 4 is 17.6 Å². The minimum atomic E-state index is -0.485. The van der Waals surface area contributed by atoms with Gasteiger partial charge in [0.05, 0.1) is 5.69 Å². The van der Waals surface area contributed by atoms with Crippen molar-refractivity contribution in [1.82, 2.24) is 5.32 Å². The van der Waals surface area contributed by atoms with Gasteiger partial charge in [0.15, 0.2) is 0 Å². The molecule has 1 heterocycles. The Balaban J connectivity index is 2.30. The van der Waals surface area contributed by atoms with Crippen LogP contribution >= 0.6 is 0 Å². The van der Waals surface area contributed by atoms with E-state index in [0.717, 1.165) is 11.3 Å². The first-order valence-corrected chi connectivity index (χ1v) is 5.98. The van der Waals surface area contributed by atoms with Gasteiger partial charge in [0.1, 0.15) is 5.82 Å². The van der Waals surface area contributed by atoms with E-state index < -0.39 is 11.8 Å². The number of hydrogen-bond acceptors (Lipinski definition) is 2. The summed E-state index contributed by atoms with van der Waals surface area (Å²) in [5.41, 5.74) is 0.272. The molecule has 1 atom stereocenters. The van der Waals surface area contributed by atoms with Crippen molar-refractivity contribution < 1.29 is 14.0 Å². The van der Waals surface area contributed by atoms with Gasteiger partial charge >= 0.3 is 6.03 Å². The fourth-order valence-corrected chi connectivity index (χ4v) is 2.00. The maximum atomic E-state index is 13.2. The summed E-state index contributed by atoms with van der Waals surface area (Å²) in [5, 5.41) is 2.69. The molecule has 3 amide bonds. The Bertz CT molecular complexity index is 476. The minimum absolute atomic E-state index is 0.139. The molecule has 1 aromatic carbocycles. The second-order valence-electron chi connectivity index (χ2n) is 4.37. The number of hydrogen-bond donors (Lipinski definition) is 1. The zero-order chi connectivity index (χ0) is 13.1. The van der Waals surface area contributed by atoms with E-state index in [2.05, 4.69) is 5.32 Å². The van der Waals surface area contributed by atoms with Crippen LogP contribution in [0.3, 0.4) is 0 Å². The molecule has 0 aromatic heterocycles. The monoisotopic (exact) mass is 250 g/mol. The standard InChI is InChI=1S/C13H15FN2O2/c1-2-9-6-12(17)16(13(18)15-8-9)11-5-3-4-10(14)7-11/h3-5,7,9H,2,6,8H2,1H3,(H,15,18). The number of imide groups is 1. The number of halogens is 1. The van der Waals surface area contributed by atoms with E-state index in [9.17, 15) is 14.0 Å². The average Bonchev–Trinajstić information content (AvgIpc) is 2.48. The second-order valence-corrected chi connectivity index (χ2v) is 4.37. The molecule has 1 fully saturated rings. The van der Waals surface area contributed by atoms with Gasteiger partial charge < -0.3 is 5.32 Å². The Morgan fingerprint density at radius 3 is 2.89 bits per heavy atom. The Morgan fingerprint density at radius 1 is 1.44 bits per heavy atom. The predicted molar refractivity (Wildman–Crippen MR) is 65.7 cm³/mol. The molecule has 96 valence electrons. The number of carbonyl (C=O) groups is 2. The van der Waals surface area contributed by atoms with E-state index >= 15 is 0 Å². The van der Waals surface area contributed by atoms with Gasteiger partial charge in [-0.1, -0.05) is 19.4 Å². The summed E-state index contributed by atoms with van der Waals surface area (Å²) >= 11 is 0. The molecule has 5 heteroatoms. The highest BCUT2D eigenvalue weighted by Gasteiger charge is 2.29. The number of nitrogens with one attached hydrogen (secondary N) is 1. The Morgan fingerprint density at radius 2 is 2.22 bits per heavy atom. The molecule has 1 aromatic rings. The predicted octanol–water partition coefficient (Wildman–Crippen LogP) is 2.30. The van der Waals surface area contributed by atoms with Crippen LogP contribution in [0.25, 0.3) is 0 Å². The maximum absolute atomic E-state index is 13.2. The molecule has 0 bridgehead atoms. The summed E-state index contributed by atoms with van der Waals surface area (Å²) in [6.45, 7) is 2.45. The van der Waals surface area contributed by atoms with Gasteiger partial charge in [-0.05, 0) is 24.1 Å². The van der Waals surface area contributed by atoms with Crippen molar-refractivity contribution in [2.24, 2.45) is 5.92 Å². The van der Waals surface area contributed by atoms with E-state index in [1.807, 2.05) is 6.92 Å². The molecular formula is C13H15FN2O2.